The number of para-hydroxylation sites is 4. The number of fused-ring (bicyclic) bond motifs is 13. The number of nitriles is 1. The van der Waals surface area contributed by atoms with Gasteiger partial charge in [0.25, 0.3) is 0 Å². The van der Waals surface area contributed by atoms with Gasteiger partial charge in [-0.3, -0.25) is 0 Å². The van der Waals surface area contributed by atoms with Crippen molar-refractivity contribution in [1.29, 1.82) is 5.26 Å². The van der Waals surface area contributed by atoms with Crippen LogP contribution < -0.4 is 0 Å². The van der Waals surface area contributed by atoms with E-state index in [9.17, 15) is 5.26 Å². The van der Waals surface area contributed by atoms with Crippen LogP contribution >= 0.6 is 0 Å². The van der Waals surface area contributed by atoms with E-state index in [0.29, 0.717) is 39.8 Å². The first-order valence-electron chi connectivity index (χ1n) is 23.9. The lowest BCUT2D eigenvalue weighted by Gasteiger charge is -2.14. The second kappa shape index (κ2) is 15.5. The maximum absolute atomic E-state index is 11.5. The van der Waals surface area contributed by atoms with Gasteiger partial charge in [-0.15, -0.1) is 0 Å². The number of hydrogen-bond acceptors (Lipinski definition) is 6. The number of furan rings is 2. The highest BCUT2D eigenvalue weighted by atomic mass is 16.3. The molecular formula is C64H36N6O2. The van der Waals surface area contributed by atoms with Crippen LogP contribution in [-0.4, -0.2) is 24.1 Å². The third-order valence-electron chi connectivity index (χ3n) is 14.2. The summed E-state index contributed by atoms with van der Waals surface area (Å²) >= 11 is 0. The Morgan fingerprint density at radius 1 is 0.361 bits per heavy atom. The summed E-state index contributed by atoms with van der Waals surface area (Å²) in [7, 11) is 0. The summed E-state index contributed by atoms with van der Waals surface area (Å²) in [6.07, 6.45) is 0. The third kappa shape index (κ3) is 5.89. The predicted octanol–water partition coefficient (Wildman–Crippen LogP) is 16.4. The highest BCUT2D eigenvalue weighted by molar-refractivity contribution is 6.30. The molecular weight excluding hydrogens is 885 g/mol. The largest absolute Gasteiger partial charge is 0.456 e. The molecule has 8 heteroatoms. The van der Waals surface area contributed by atoms with Crippen molar-refractivity contribution in [3.05, 3.63) is 224 Å². The molecule has 0 saturated carbocycles. The van der Waals surface area contributed by atoms with Gasteiger partial charge in [0.2, 0.25) is 0 Å². The van der Waals surface area contributed by atoms with Gasteiger partial charge in [-0.05, 0) is 83.9 Å². The first-order chi connectivity index (χ1) is 35.7. The molecule has 0 atom stereocenters. The maximum atomic E-state index is 11.5. The monoisotopic (exact) mass is 920 g/mol. The standard InChI is InChI=1S/C64H36N6O2/c65-37-42-36-53(61-60(46-24-12-15-27-55(46)72-61)57(42)64-67-62(38-16-4-1-5-17-38)66-63(68-64)39-18-6-2-7-19-39)70-50-30-28-40(41-29-33-56-47(34-41)44-22-11-14-26-54(44)71-56)35-48(50)59-52(70)32-31-51-58(59)45-23-10-13-25-49(45)69(51)43-20-8-3-9-21-43/h1-36H. The highest BCUT2D eigenvalue weighted by Gasteiger charge is 2.28. The van der Waals surface area contributed by atoms with Crippen LogP contribution in [0.1, 0.15) is 5.56 Å². The van der Waals surface area contributed by atoms with Crippen molar-refractivity contribution in [2.24, 2.45) is 0 Å². The molecule has 0 fully saturated rings. The number of hydrogen-bond donors (Lipinski definition) is 0. The zero-order valence-corrected chi connectivity index (χ0v) is 38.3. The van der Waals surface area contributed by atoms with E-state index in [1.54, 1.807) is 0 Å². The van der Waals surface area contributed by atoms with Gasteiger partial charge in [0, 0.05) is 65.5 Å². The molecule has 0 aliphatic heterocycles. The zero-order valence-electron chi connectivity index (χ0n) is 38.3. The van der Waals surface area contributed by atoms with Crippen molar-refractivity contribution in [1.82, 2.24) is 24.1 Å². The molecule has 0 aliphatic carbocycles. The Bertz CT molecular complexity index is 4690. The van der Waals surface area contributed by atoms with Gasteiger partial charge in [0.05, 0.1) is 39.4 Å². The van der Waals surface area contributed by atoms with E-state index >= 15 is 0 Å². The predicted molar refractivity (Wildman–Crippen MR) is 290 cm³/mol. The van der Waals surface area contributed by atoms with Crippen LogP contribution in [-0.2, 0) is 0 Å². The van der Waals surface area contributed by atoms with Crippen LogP contribution in [0.3, 0.4) is 0 Å². The lowest BCUT2D eigenvalue weighted by molar-refractivity contribution is 0.666. The Morgan fingerprint density at radius 3 is 1.58 bits per heavy atom. The van der Waals surface area contributed by atoms with Gasteiger partial charge in [0.15, 0.2) is 23.1 Å². The van der Waals surface area contributed by atoms with Gasteiger partial charge in [-0.1, -0.05) is 146 Å². The number of aromatic nitrogens is 5. The summed E-state index contributed by atoms with van der Waals surface area (Å²) < 4.78 is 18.0. The van der Waals surface area contributed by atoms with Crippen molar-refractivity contribution < 1.29 is 8.83 Å². The van der Waals surface area contributed by atoms with E-state index < -0.39 is 0 Å². The second-order valence-electron chi connectivity index (χ2n) is 18.2. The van der Waals surface area contributed by atoms with Gasteiger partial charge in [-0.25, -0.2) is 15.0 Å². The minimum absolute atomic E-state index is 0.382. The Kier molecular flexibility index (Phi) is 8.55. The molecule has 0 radical (unpaired) electrons. The van der Waals surface area contributed by atoms with Crippen molar-refractivity contribution in [3.63, 3.8) is 0 Å². The minimum Gasteiger partial charge on any atom is -0.456 e. The van der Waals surface area contributed by atoms with E-state index in [2.05, 4.69) is 130 Å². The van der Waals surface area contributed by atoms with Crippen molar-refractivity contribution in [3.8, 4) is 62.7 Å². The zero-order chi connectivity index (χ0) is 47.4. The summed E-state index contributed by atoms with van der Waals surface area (Å²) in [5.41, 5.74) is 13.8. The lowest BCUT2D eigenvalue weighted by Crippen LogP contribution is -2.03. The summed E-state index contributed by atoms with van der Waals surface area (Å²) in [5, 5.41) is 19.6. The maximum Gasteiger partial charge on any atom is 0.166 e. The summed E-state index contributed by atoms with van der Waals surface area (Å²) in [6, 6.07) is 77.4. The Balaban J connectivity index is 1.06. The Hall–Kier alpha value is -10.1. The molecule has 15 aromatic rings. The van der Waals surface area contributed by atoms with Crippen LogP contribution in [0.5, 0.6) is 0 Å². The Morgan fingerprint density at radius 2 is 0.875 bits per heavy atom. The van der Waals surface area contributed by atoms with Crippen LogP contribution in [0.4, 0.5) is 0 Å². The van der Waals surface area contributed by atoms with Crippen LogP contribution in [0.15, 0.2) is 227 Å². The highest BCUT2D eigenvalue weighted by Crippen LogP contribution is 2.47. The molecule has 5 heterocycles. The van der Waals surface area contributed by atoms with Crippen LogP contribution in [0.2, 0.25) is 0 Å². The number of rotatable bonds is 6. The molecule has 10 aromatic carbocycles. The Labute approximate surface area is 410 Å². The number of benzene rings is 10. The summed E-state index contributed by atoms with van der Waals surface area (Å²) in [4.78, 5) is 15.3. The normalized spacial score (nSPS) is 11.9. The van der Waals surface area contributed by atoms with E-state index in [0.717, 1.165) is 110 Å². The van der Waals surface area contributed by atoms with Gasteiger partial charge >= 0.3 is 0 Å². The fourth-order valence-electron chi connectivity index (χ4n) is 11.1. The molecule has 0 N–H and O–H groups in total. The molecule has 0 saturated heterocycles. The second-order valence-corrected chi connectivity index (χ2v) is 18.2. The fourth-order valence-corrected chi connectivity index (χ4v) is 11.1. The van der Waals surface area contributed by atoms with Gasteiger partial charge < -0.3 is 18.0 Å². The summed E-state index contributed by atoms with van der Waals surface area (Å²) in [6.45, 7) is 0. The molecule has 72 heavy (non-hydrogen) atoms. The van der Waals surface area contributed by atoms with E-state index in [-0.39, 0.29) is 0 Å². The van der Waals surface area contributed by atoms with E-state index in [1.807, 2.05) is 103 Å². The smallest absolute Gasteiger partial charge is 0.166 e. The molecule has 334 valence electrons. The quantitative estimate of drug-likeness (QED) is 0.165. The van der Waals surface area contributed by atoms with Crippen molar-refractivity contribution >= 4 is 87.5 Å². The van der Waals surface area contributed by atoms with Gasteiger partial charge in [0.1, 0.15) is 16.7 Å². The topological polar surface area (TPSA) is 98.6 Å². The first kappa shape index (κ1) is 39.9. The third-order valence-corrected chi connectivity index (χ3v) is 14.2. The van der Waals surface area contributed by atoms with Crippen molar-refractivity contribution in [2.75, 3.05) is 0 Å². The molecule has 5 aromatic heterocycles. The molecule has 15 rings (SSSR count). The van der Waals surface area contributed by atoms with E-state index in [4.69, 9.17) is 23.8 Å². The molecule has 0 unspecified atom stereocenters. The van der Waals surface area contributed by atoms with Crippen molar-refractivity contribution in [2.45, 2.75) is 0 Å². The molecule has 0 aliphatic rings. The summed E-state index contributed by atoms with van der Waals surface area (Å²) in [5.74, 6) is 1.39. The molecule has 0 spiro atoms. The van der Waals surface area contributed by atoms with E-state index in [1.165, 1.54) is 0 Å². The minimum atomic E-state index is 0.382. The van der Waals surface area contributed by atoms with Gasteiger partial charge in [-0.2, -0.15) is 5.26 Å². The fraction of sp³-hybridized carbons (Fsp3) is 0. The molecule has 0 amide bonds. The SMILES string of the molecule is N#Cc1cc(-n2c3ccc(-c4ccc5oc6ccccc6c5c4)cc3c3c4c5ccccc5n(-c5ccccc5)c4ccc32)c2oc3ccccc3c2c1-c1nc(-c2ccccc2)nc(-c2ccccc2)n1. The van der Waals surface area contributed by atoms with Crippen LogP contribution in [0.25, 0.3) is 144 Å². The molecule has 8 nitrogen and oxygen atoms in total. The first-order valence-corrected chi connectivity index (χ1v) is 23.9. The average molecular weight is 921 g/mol. The lowest BCUT2D eigenvalue weighted by atomic mass is 9.98. The average Bonchev–Trinajstić information content (AvgIpc) is 4.21. The van der Waals surface area contributed by atoms with Crippen LogP contribution in [0, 0.1) is 11.3 Å². The molecule has 0 bridgehead atoms. The number of nitrogens with zero attached hydrogens (tertiary/aromatic N) is 6.